The van der Waals surface area contributed by atoms with Gasteiger partial charge in [0.05, 0.1) is 0 Å². The fourth-order valence-corrected chi connectivity index (χ4v) is 3.47. The number of hydrogen-bond acceptors (Lipinski definition) is 2. The van der Waals surface area contributed by atoms with Gasteiger partial charge in [0, 0.05) is 6.04 Å². The van der Waals surface area contributed by atoms with Crippen LogP contribution in [0.25, 0.3) is 0 Å². The van der Waals surface area contributed by atoms with Crippen molar-refractivity contribution in [3.8, 4) is 0 Å². The van der Waals surface area contributed by atoms with Crippen LogP contribution in [0, 0.1) is 11.3 Å². The summed E-state index contributed by atoms with van der Waals surface area (Å²) in [6.45, 7) is 8.70. The maximum atomic E-state index is 3.84. The fraction of sp³-hybridized carbons (Fsp3) is 1.00. The Labute approximate surface area is 107 Å². The molecule has 1 aliphatic carbocycles. The van der Waals surface area contributed by atoms with E-state index in [4.69, 9.17) is 0 Å². The summed E-state index contributed by atoms with van der Waals surface area (Å²) in [5, 5.41) is 3.84. The first-order valence-corrected chi connectivity index (χ1v) is 7.47. The number of likely N-dealkylation sites (tertiary alicyclic amines) is 1. The van der Waals surface area contributed by atoms with E-state index in [0.29, 0.717) is 5.41 Å². The van der Waals surface area contributed by atoms with Crippen LogP contribution in [0.3, 0.4) is 0 Å². The zero-order valence-electron chi connectivity index (χ0n) is 12.0. The molecule has 1 unspecified atom stereocenters. The second-order valence-electron chi connectivity index (χ2n) is 7.11. The third-order valence-corrected chi connectivity index (χ3v) is 4.74. The molecule has 0 radical (unpaired) electrons. The van der Waals surface area contributed by atoms with Crippen LogP contribution >= 0.6 is 0 Å². The summed E-state index contributed by atoms with van der Waals surface area (Å²) in [4.78, 5) is 2.46. The molecule has 2 rings (SSSR count). The lowest BCUT2D eigenvalue weighted by Crippen LogP contribution is -2.41. The second-order valence-corrected chi connectivity index (χ2v) is 7.11. The number of nitrogens with zero attached hydrogens (tertiary/aromatic N) is 1. The highest BCUT2D eigenvalue weighted by Crippen LogP contribution is 2.35. The molecule has 0 bridgehead atoms. The van der Waals surface area contributed by atoms with Crippen molar-refractivity contribution >= 4 is 0 Å². The van der Waals surface area contributed by atoms with Gasteiger partial charge < -0.3 is 10.2 Å². The molecule has 2 nitrogen and oxygen atoms in total. The summed E-state index contributed by atoms with van der Waals surface area (Å²) in [7, 11) is 2.24. The van der Waals surface area contributed by atoms with Crippen LogP contribution in [0.4, 0.5) is 0 Å². The molecule has 1 saturated heterocycles. The Morgan fingerprint density at radius 1 is 1.18 bits per heavy atom. The quantitative estimate of drug-likeness (QED) is 0.813. The molecule has 100 valence electrons. The first kappa shape index (κ1) is 13.4. The van der Waals surface area contributed by atoms with Gasteiger partial charge in [-0.2, -0.15) is 0 Å². The van der Waals surface area contributed by atoms with E-state index in [9.17, 15) is 0 Å². The topological polar surface area (TPSA) is 15.3 Å². The highest BCUT2D eigenvalue weighted by Gasteiger charge is 2.28. The number of nitrogens with one attached hydrogen (secondary N) is 1. The maximum absolute atomic E-state index is 3.84. The lowest BCUT2D eigenvalue weighted by molar-refractivity contribution is 0.176. The summed E-state index contributed by atoms with van der Waals surface area (Å²) in [5.41, 5.74) is 0.572. The van der Waals surface area contributed by atoms with Crippen LogP contribution < -0.4 is 5.32 Å². The molecule has 2 heteroatoms. The minimum atomic E-state index is 0.572. The summed E-state index contributed by atoms with van der Waals surface area (Å²) in [5.74, 6) is 0.927. The normalized spacial score (nSPS) is 31.6. The van der Waals surface area contributed by atoms with Crippen molar-refractivity contribution in [3.05, 3.63) is 0 Å². The first-order chi connectivity index (χ1) is 8.05. The van der Waals surface area contributed by atoms with Crippen molar-refractivity contribution in [2.45, 2.75) is 58.4 Å². The van der Waals surface area contributed by atoms with E-state index in [1.54, 1.807) is 0 Å². The van der Waals surface area contributed by atoms with E-state index in [1.165, 1.54) is 58.2 Å². The highest BCUT2D eigenvalue weighted by molar-refractivity contribution is 4.84. The molecular formula is C15H30N2. The minimum absolute atomic E-state index is 0.572. The van der Waals surface area contributed by atoms with Crippen molar-refractivity contribution in [2.75, 3.05) is 26.7 Å². The van der Waals surface area contributed by atoms with Gasteiger partial charge in [-0.3, -0.25) is 0 Å². The molecule has 1 N–H and O–H groups in total. The van der Waals surface area contributed by atoms with Gasteiger partial charge in [-0.05, 0) is 70.1 Å². The molecule has 1 saturated carbocycles. The van der Waals surface area contributed by atoms with Gasteiger partial charge >= 0.3 is 0 Å². The third-order valence-electron chi connectivity index (χ3n) is 4.74. The Kier molecular flexibility index (Phi) is 4.48. The SMILES string of the molecule is CN1CCC(CNC2CCCC(C)(C)C2)CC1. The van der Waals surface area contributed by atoms with Gasteiger partial charge in [0.2, 0.25) is 0 Å². The zero-order valence-corrected chi connectivity index (χ0v) is 12.0. The van der Waals surface area contributed by atoms with Crippen molar-refractivity contribution in [3.63, 3.8) is 0 Å². The molecule has 0 aromatic rings. The van der Waals surface area contributed by atoms with Crippen molar-refractivity contribution in [1.29, 1.82) is 0 Å². The van der Waals surface area contributed by atoms with Crippen LogP contribution in [-0.2, 0) is 0 Å². The van der Waals surface area contributed by atoms with Crippen LogP contribution in [-0.4, -0.2) is 37.6 Å². The smallest absolute Gasteiger partial charge is 0.00722 e. The summed E-state index contributed by atoms with van der Waals surface area (Å²) in [6, 6.07) is 0.790. The van der Waals surface area contributed by atoms with E-state index in [1.807, 2.05) is 0 Å². The lowest BCUT2D eigenvalue weighted by Gasteiger charge is -2.37. The Morgan fingerprint density at radius 3 is 2.53 bits per heavy atom. The molecule has 2 fully saturated rings. The van der Waals surface area contributed by atoms with Gasteiger partial charge in [0.15, 0.2) is 0 Å². The standard InChI is InChI=1S/C15H30N2/c1-15(2)8-4-5-14(11-15)16-12-13-6-9-17(3)10-7-13/h13-14,16H,4-12H2,1-3H3. The number of rotatable bonds is 3. The van der Waals surface area contributed by atoms with E-state index in [-0.39, 0.29) is 0 Å². The zero-order chi connectivity index (χ0) is 12.3. The first-order valence-electron chi connectivity index (χ1n) is 7.47. The molecule has 1 atom stereocenters. The van der Waals surface area contributed by atoms with Gasteiger partial charge in [0.1, 0.15) is 0 Å². The van der Waals surface area contributed by atoms with Gasteiger partial charge in [0.25, 0.3) is 0 Å². The van der Waals surface area contributed by atoms with Gasteiger partial charge in [-0.15, -0.1) is 0 Å². The Hall–Kier alpha value is -0.0800. The van der Waals surface area contributed by atoms with Crippen molar-refractivity contribution in [2.24, 2.45) is 11.3 Å². The van der Waals surface area contributed by atoms with Crippen LogP contribution in [0.2, 0.25) is 0 Å². The van der Waals surface area contributed by atoms with Crippen LogP contribution in [0.5, 0.6) is 0 Å². The average molecular weight is 238 g/mol. The molecular weight excluding hydrogens is 208 g/mol. The van der Waals surface area contributed by atoms with Crippen LogP contribution in [0.1, 0.15) is 52.4 Å². The Bertz CT molecular complexity index is 229. The predicted molar refractivity (Wildman–Crippen MR) is 74.3 cm³/mol. The summed E-state index contributed by atoms with van der Waals surface area (Å²) in [6.07, 6.45) is 8.38. The molecule has 0 spiro atoms. The number of hydrogen-bond donors (Lipinski definition) is 1. The van der Waals surface area contributed by atoms with E-state index >= 15 is 0 Å². The van der Waals surface area contributed by atoms with Crippen LogP contribution in [0.15, 0.2) is 0 Å². The summed E-state index contributed by atoms with van der Waals surface area (Å²) >= 11 is 0. The maximum Gasteiger partial charge on any atom is 0.00722 e. The molecule has 1 aliphatic heterocycles. The Morgan fingerprint density at radius 2 is 1.88 bits per heavy atom. The molecule has 0 amide bonds. The molecule has 0 aromatic carbocycles. The average Bonchev–Trinajstić information content (AvgIpc) is 2.27. The highest BCUT2D eigenvalue weighted by atomic mass is 15.1. The largest absolute Gasteiger partial charge is 0.314 e. The minimum Gasteiger partial charge on any atom is -0.314 e. The van der Waals surface area contributed by atoms with Gasteiger partial charge in [-0.25, -0.2) is 0 Å². The van der Waals surface area contributed by atoms with E-state index in [0.717, 1.165) is 12.0 Å². The van der Waals surface area contributed by atoms with E-state index < -0.39 is 0 Å². The number of piperidine rings is 1. The van der Waals surface area contributed by atoms with Crippen molar-refractivity contribution < 1.29 is 0 Å². The molecule has 0 aromatic heterocycles. The third kappa shape index (κ3) is 4.26. The summed E-state index contributed by atoms with van der Waals surface area (Å²) < 4.78 is 0. The molecule has 17 heavy (non-hydrogen) atoms. The second kappa shape index (κ2) is 5.71. The van der Waals surface area contributed by atoms with Crippen molar-refractivity contribution in [1.82, 2.24) is 10.2 Å². The molecule has 2 aliphatic rings. The molecule has 1 heterocycles. The Balaban J connectivity index is 1.68. The van der Waals surface area contributed by atoms with Gasteiger partial charge in [-0.1, -0.05) is 20.3 Å². The monoisotopic (exact) mass is 238 g/mol. The predicted octanol–water partition coefficient (Wildman–Crippen LogP) is 2.89. The van der Waals surface area contributed by atoms with E-state index in [2.05, 4.69) is 31.1 Å². The fourth-order valence-electron chi connectivity index (χ4n) is 3.47. The lowest BCUT2D eigenvalue weighted by atomic mass is 9.75.